The molecule has 1 N–H and O–H groups in total. The van der Waals surface area contributed by atoms with E-state index in [1.807, 2.05) is 0 Å². The molecule has 3 aliphatic rings. The van der Waals surface area contributed by atoms with Crippen molar-refractivity contribution in [2.75, 3.05) is 39.3 Å². The molecule has 3 fully saturated rings. The van der Waals surface area contributed by atoms with Crippen LogP contribution in [0.5, 0.6) is 0 Å². The van der Waals surface area contributed by atoms with Crippen molar-refractivity contribution in [1.82, 2.24) is 15.1 Å². The van der Waals surface area contributed by atoms with Crippen LogP contribution in [0.4, 0.5) is 0 Å². The molecule has 3 atom stereocenters. The van der Waals surface area contributed by atoms with E-state index in [2.05, 4.69) is 22.0 Å². The number of nitrogens with one attached hydrogen (secondary N) is 1. The molecule has 0 aromatic rings. The number of hydrogen-bond donors (Lipinski definition) is 1. The highest BCUT2D eigenvalue weighted by Gasteiger charge is 2.31. The molecule has 0 aliphatic carbocycles. The fourth-order valence-corrected chi connectivity index (χ4v) is 4.30. The van der Waals surface area contributed by atoms with Gasteiger partial charge in [-0.1, -0.05) is 6.42 Å². The molecule has 0 saturated carbocycles. The molecule has 0 aromatic heterocycles. The highest BCUT2D eigenvalue weighted by atomic mass is 35.5. The maximum Gasteiger partial charge on any atom is 0.227 e. The molecule has 0 bridgehead atoms. The molecule has 3 heterocycles. The van der Waals surface area contributed by atoms with Crippen LogP contribution in [0, 0.1) is 11.8 Å². The van der Waals surface area contributed by atoms with E-state index >= 15 is 0 Å². The van der Waals surface area contributed by atoms with Gasteiger partial charge in [-0.15, -0.1) is 24.8 Å². The molecule has 6 heteroatoms. The first-order valence-corrected chi connectivity index (χ1v) is 8.97. The van der Waals surface area contributed by atoms with E-state index in [-0.39, 0.29) is 30.7 Å². The van der Waals surface area contributed by atoms with Crippen LogP contribution in [0.3, 0.4) is 0 Å². The molecule has 0 aromatic carbocycles. The van der Waals surface area contributed by atoms with Crippen LogP contribution in [0.15, 0.2) is 0 Å². The lowest BCUT2D eigenvalue weighted by Crippen LogP contribution is -2.48. The minimum atomic E-state index is 0. The van der Waals surface area contributed by atoms with Gasteiger partial charge in [-0.3, -0.25) is 4.79 Å². The smallest absolute Gasteiger partial charge is 0.227 e. The first-order valence-electron chi connectivity index (χ1n) is 8.97. The third-order valence-electron chi connectivity index (χ3n) is 5.67. The Morgan fingerprint density at radius 3 is 2.61 bits per heavy atom. The Labute approximate surface area is 153 Å². The second-order valence-corrected chi connectivity index (χ2v) is 7.32. The van der Waals surface area contributed by atoms with Gasteiger partial charge in [0.25, 0.3) is 0 Å². The van der Waals surface area contributed by atoms with Gasteiger partial charge in [0, 0.05) is 32.2 Å². The third-order valence-corrected chi connectivity index (χ3v) is 5.67. The third kappa shape index (κ3) is 5.48. The molecule has 3 saturated heterocycles. The van der Waals surface area contributed by atoms with Crippen molar-refractivity contribution in [3.05, 3.63) is 0 Å². The van der Waals surface area contributed by atoms with Crippen LogP contribution in [0.25, 0.3) is 0 Å². The summed E-state index contributed by atoms with van der Waals surface area (Å²) in [5.74, 6) is 1.35. The second-order valence-electron chi connectivity index (χ2n) is 7.32. The number of amides is 1. The van der Waals surface area contributed by atoms with Crippen LogP contribution < -0.4 is 5.32 Å². The second kappa shape index (κ2) is 10.1. The Kier molecular flexibility index (Phi) is 9.20. The van der Waals surface area contributed by atoms with Crippen molar-refractivity contribution < 1.29 is 4.79 Å². The molecule has 136 valence electrons. The summed E-state index contributed by atoms with van der Waals surface area (Å²) >= 11 is 0. The highest BCUT2D eigenvalue weighted by molar-refractivity contribution is 5.85. The molecule has 4 nitrogen and oxygen atoms in total. The fraction of sp³-hybridized carbons (Fsp3) is 0.941. The summed E-state index contributed by atoms with van der Waals surface area (Å²) in [7, 11) is 0. The van der Waals surface area contributed by atoms with Gasteiger partial charge in [-0.25, -0.2) is 0 Å². The van der Waals surface area contributed by atoms with Crippen LogP contribution in [-0.2, 0) is 4.79 Å². The Morgan fingerprint density at radius 2 is 1.91 bits per heavy atom. The highest BCUT2D eigenvalue weighted by Crippen LogP contribution is 2.24. The topological polar surface area (TPSA) is 35.6 Å². The molecule has 0 radical (unpaired) electrons. The Hall–Kier alpha value is -0.0300. The maximum absolute atomic E-state index is 12.6. The van der Waals surface area contributed by atoms with Crippen LogP contribution >= 0.6 is 24.8 Å². The molecule has 0 spiro atoms. The quantitative estimate of drug-likeness (QED) is 0.834. The number of hydrogen-bond acceptors (Lipinski definition) is 3. The van der Waals surface area contributed by atoms with E-state index in [9.17, 15) is 4.79 Å². The minimum Gasteiger partial charge on any atom is -0.342 e. The van der Waals surface area contributed by atoms with Gasteiger partial charge in [0.2, 0.25) is 5.91 Å². The number of likely N-dealkylation sites (tertiary alicyclic amines) is 2. The fourth-order valence-electron chi connectivity index (χ4n) is 4.30. The average molecular weight is 366 g/mol. The van der Waals surface area contributed by atoms with Crippen molar-refractivity contribution in [2.24, 2.45) is 11.8 Å². The van der Waals surface area contributed by atoms with Crippen LogP contribution in [-0.4, -0.2) is 61.0 Å². The zero-order valence-corrected chi connectivity index (χ0v) is 16.0. The molecule has 1 amide bonds. The van der Waals surface area contributed by atoms with Gasteiger partial charge in [0.1, 0.15) is 0 Å². The zero-order chi connectivity index (χ0) is 14.7. The first kappa shape index (κ1) is 21.0. The van der Waals surface area contributed by atoms with Crippen LogP contribution in [0.2, 0.25) is 0 Å². The minimum absolute atomic E-state index is 0. The summed E-state index contributed by atoms with van der Waals surface area (Å²) in [6.45, 7) is 8.73. The number of nitrogens with zero attached hydrogens (tertiary/aromatic N) is 2. The zero-order valence-electron chi connectivity index (χ0n) is 14.3. The number of carbonyl (C=O) groups is 1. The summed E-state index contributed by atoms with van der Waals surface area (Å²) in [6.07, 6.45) is 7.62. The number of rotatable bonds is 3. The predicted molar refractivity (Wildman–Crippen MR) is 99.7 cm³/mol. The summed E-state index contributed by atoms with van der Waals surface area (Å²) in [6, 6.07) is 0.740. The average Bonchev–Trinajstić information content (AvgIpc) is 3.03. The number of halogens is 2. The molecule has 3 unspecified atom stereocenters. The number of carbonyl (C=O) groups excluding carboxylic acids is 1. The lowest BCUT2D eigenvalue weighted by molar-refractivity contribution is -0.137. The lowest BCUT2D eigenvalue weighted by Gasteiger charge is -2.40. The van der Waals surface area contributed by atoms with Gasteiger partial charge in [-0.05, 0) is 58.0 Å². The first-order chi connectivity index (χ1) is 10.2. The van der Waals surface area contributed by atoms with E-state index in [4.69, 9.17) is 0 Å². The standard InChI is InChI=1S/C17H31N3O.2ClH/c1-14-5-2-3-9-19(14)12-15-6-4-10-20(13-15)17(21)16-7-8-18-11-16;;/h14-16,18H,2-13H2,1H3;2*1H. The normalized spacial score (nSPS) is 32.0. The Bertz CT molecular complexity index is 364. The maximum atomic E-state index is 12.6. The Balaban J connectivity index is 0.00000132. The van der Waals surface area contributed by atoms with E-state index in [1.54, 1.807) is 0 Å². The van der Waals surface area contributed by atoms with Gasteiger partial charge in [-0.2, -0.15) is 0 Å². The van der Waals surface area contributed by atoms with E-state index in [1.165, 1.54) is 45.2 Å². The van der Waals surface area contributed by atoms with E-state index < -0.39 is 0 Å². The number of piperidine rings is 2. The molecule has 3 rings (SSSR count). The van der Waals surface area contributed by atoms with Crippen molar-refractivity contribution in [3.8, 4) is 0 Å². The van der Waals surface area contributed by atoms with Crippen molar-refractivity contribution >= 4 is 30.7 Å². The summed E-state index contributed by atoms with van der Waals surface area (Å²) in [4.78, 5) is 17.4. The van der Waals surface area contributed by atoms with E-state index in [0.717, 1.165) is 38.6 Å². The van der Waals surface area contributed by atoms with Crippen LogP contribution in [0.1, 0.15) is 45.4 Å². The predicted octanol–water partition coefficient (Wildman–Crippen LogP) is 2.55. The summed E-state index contributed by atoms with van der Waals surface area (Å²) < 4.78 is 0. The van der Waals surface area contributed by atoms with Gasteiger partial charge >= 0.3 is 0 Å². The SMILES string of the molecule is CC1CCCCN1CC1CCCN(C(=O)C2CCNC2)C1.Cl.Cl. The summed E-state index contributed by atoms with van der Waals surface area (Å²) in [5, 5.41) is 3.32. The van der Waals surface area contributed by atoms with Gasteiger partial charge in [0.15, 0.2) is 0 Å². The lowest BCUT2D eigenvalue weighted by atomic mass is 9.93. The van der Waals surface area contributed by atoms with Crippen molar-refractivity contribution in [3.63, 3.8) is 0 Å². The summed E-state index contributed by atoms with van der Waals surface area (Å²) in [5.41, 5.74) is 0. The Morgan fingerprint density at radius 1 is 1.09 bits per heavy atom. The molecular weight excluding hydrogens is 333 g/mol. The van der Waals surface area contributed by atoms with Gasteiger partial charge < -0.3 is 15.1 Å². The molecule has 23 heavy (non-hydrogen) atoms. The largest absolute Gasteiger partial charge is 0.342 e. The monoisotopic (exact) mass is 365 g/mol. The molecule has 3 aliphatic heterocycles. The van der Waals surface area contributed by atoms with Gasteiger partial charge in [0.05, 0.1) is 5.92 Å². The molecular formula is C17H33Cl2N3O. The van der Waals surface area contributed by atoms with E-state index in [0.29, 0.717) is 11.8 Å². The van der Waals surface area contributed by atoms with Crippen molar-refractivity contribution in [2.45, 2.75) is 51.5 Å². The van der Waals surface area contributed by atoms with Crippen molar-refractivity contribution in [1.29, 1.82) is 0 Å².